The molecule has 1 aromatic rings. The second-order valence-corrected chi connectivity index (χ2v) is 7.96. The van der Waals surface area contributed by atoms with E-state index in [4.69, 9.17) is 5.73 Å². The zero-order chi connectivity index (χ0) is 14.0. The lowest BCUT2D eigenvalue weighted by molar-refractivity contribution is 0.247. The molecule has 4 nitrogen and oxygen atoms in total. The van der Waals surface area contributed by atoms with Crippen LogP contribution in [0, 0.1) is 0 Å². The number of hydrogen-bond acceptors (Lipinski definition) is 3. The van der Waals surface area contributed by atoms with Gasteiger partial charge < -0.3 is 5.73 Å². The van der Waals surface area contributed by atoms with E-state index in [1.54, 1.807) is 4.31 Å². The summed E-state index contributed by atoms with van der Waals surface area (Å²) in [6, 6.07) is 7.50. The normalized spacial score (nSPS) is 25.4. The van der Waals surface area contributed by atoms with Crippen molar-refractivity contribution < 1.29 is 8.42 Å². The van der Waals surface area contributed by atoms with Crippen LogP contribution >= 0.6 is 15.9 Å². The third-order valence-electron chi connectivity index (χ3n) is 3.48. The molecule has 1 saturated heterocycles. The van der Waals surface area contributed by atoms with E-state index in [9.17, 15) is 8.42 Å². The standard InChI is InChI=1S/C13H19BrN2O2S/c1-10-8-13(15)6-7-16(10)19(17,18)9-11-2-4-12(14)5-3-11/h2-5,10,13H,6-9,15H2,1H3/t10-,13+/m1/s1. The van der Waals surface area contributed by atoms with Gasteiger partial charge in [0.15, 0.2) is 0 Å². The molecule has 0 aliphatic carbocycles. The van der Waals surface area contributed by atoms with Crippen LogP contribution in [0.4, 0.5) is 0 Å². The topological polar surface area (TPSA) is 63.4 Å². The molecular formula is C13H19BrN2O2S. The van der Waals surface area contributed by atoms with Gasteiger partial charge in [0.05, 0.1) is 5.75 Å². The SMILES string of the molecule is C[C@@H]1C[C@@H](N)CCN1S(=O)(=O)Cc1ccc(Br)cc1. The van der Waals surface area contributed by atoms with E-state index in [2.05, 4.69) is 15.9 Å². The van der Waals surface area contributed by atoms with Crippen LogP contribution in [0.5, 0.6) is 0 Å². The van der Waals surface area contributed by atoms with Crippen molar-refractivity contribution >= 4 is 26.0 Å². The van der Waals surface area contributed by atoms with Crippen molar-refractivity contribution in [1.29, 1.82) is 0 Å². The van der Waals surface area contributed by atoms with E-state index in [0.29, 0.717) is 6.54 Å². The third-order valence-corrected chi connectivity index (χ3v) is 5.96. The molecule has 106 valence electrons. The number of nitrogens with zero attached hydrogens (tertiary/aromatic N) is 1. The molecule has 1 heterocycles. The first-order chi connectivity index (χ1) is 8.88. The highest BCUT2D eigenvalue weighted by Gasteiger charge is 2.32. The Morgan fingerprint density at radius 3 is 2.58 bits per heavy atom. The Hall–Kier alpha value is -0.430. The molecule has 2 atom stereocenters. The Labute approximate surface area is 123 Å². The minimum Gasteiger partial charge on any atom is -0.328 e. The molecule has 0 amide bonds. The fourth-order valence-electron chi connectivity index (χ4n) is 2.47. The van der Waals surface area contributed by atoms with Gasteiger partial charge in [-0.2, -0.15) is 4.31 Å². The molecule has 2 N–H and O–H groups in total. The largest absolute Gasteiger partial charge is 0.328 e. The smallest absolute Gasteiger partial charge is 0.218 e. The number of hydrogen-bond donors (Lipinski definition) is 1. The summed E-state index contributed by atoms with van der Waals surface area (Å²) in [5.41, 5.74) is 6.68. The first kappa shape index (κ1) is 15.0. The maximum absolute atomic E-state index is 12.4. The monoisotopic (exact) mass is 346 g/mol. The van der Waals surface area contributed by atoms with Crippen molar-refractivity contribution in [2.24, 2.45) is 5.73 Å². The van der Waals surface area contributed by atoms with E-state index in [0.717, 1.165) is 22.9 Å². The quantitative estimate of drug-likeness (QED) is 0.911. The number of rotatable bonds is 3. The minimum absolute atomic E-state index is 0.0100. The summed E-state index contributed by atoms with van der Waals surface area (Å²) in [4.78, 5) is 0. The van der Waals surface area contributed by atoms with Crippen LogP contribution in [-0.4, -0.2) is 31.4 Å². The maximum atomic E-state index is 12.4. The molecule has 0 aromatic heterocycles. The van der Waals surface area contributed by atoms with Crippen LogP contribution in [0.2, 0.25) is 0 Å². The Balaban J connectivity index is 2.12. The Morgan fingerprint density at radius 2 is 2.00 bits per heavy atom. The second-order valence-electron chi connectivity index (χ2n) is 5.13. The van der Waals surface area contributed by atoms with Crippen molar-refractivity contribution in [1.82, 2.24) is 4.31 Å². The summed E-state index contributed by atoms with van der Waals surface area (Å²) in [5, 5.41) is 0. The van der Waals surface area contributed by atoms with E-state index >= 15 is 0 Å². The average Bonchev–Trinajstić information content (AvgIpc) is 2.31. The number of benzene rings is 1. The molecule has 0 unspecified atom stereocenters. The van der Waals surface area contributed by atoms with Gasteiger partial charge in [-0.05, 0) is 37.5 Å². The van der Waals surface area contributed by atoms with Crippen LogP contribution in [0.15, 0.2) is 28.7 Å². The average molecular weight is 347 g/mol. The summed E-state index contributed by atoms with van der Waals surface area (Å²) in [6.45, 7) is 2.46. The fourth-order valence-corrected chi connectivity index (χ4v) is 4.54. The molecule has 0 saturated carbocycles. The van der Waals surface area contributed by atoms with Crippen LogP contribution in [0.1, 0.15) is 25.3 Å². The van der Waals surface area contributed by atoms with Crippen molar-refractivity contribution in [3.8, 4) is 0 Å². The van der Waals surface area contributed by atoms with Gasteiger partial charge in [0.1, 0.15) is 0 Å². The van der Waals surface area contributed by atoms with E-state index in [1.165, 1.54) is 0 Å². The fraction of sp³-hybridized carbons (Fsp3) is 0.538. The number of sulfonamides is 1. The van der Waals surface area contributed by atoms with Crippen molar-refractivity contribution in [3.05, 3.63) is 34.3 Å². The second kappa shape index (κ2) is 5.91. The summed E-state index contributed by atoms with van der Waals surface area (Å²) in [7, 11) is -3.26. The van der Waals surface area contributed by atoms with Gasteiger partial charge >= 0.3 is 0 Å². The molecule has 1 aliphatic heterocycles. The third kappa shape index (κ3) is 3.78. The van der Waals surface area contributed by atoms with Gasteiger partial charge in [-0.15, -0.1) is 0 Å². The lowest BCUT2D eigenvalue weighted by Crippen LogP contribution is -2.48. The summed E-state index contributed by atoms with van der Waals surface area (Å²) < 4.78 is 27.4. The molecule has 0 radical (unpaired) electrons. The maximum Gasteiger partial charge on any atom is 0.218 e. The number of piperidine rings is 1. The molecule has 0 bridgehead atoms. The molecule has 1 aliphatic rings. The highest BCUT2D eigenvalue weighted by molar-refractivity contribution is 9.10. The molecular weight excluding hydrogens is 328 g/mol. The molecule has 6 heteroatoms. The molecule has 1 aromatic carbocycles. The highest BCUT2D eigenvalue weighted by atomic mass is 79.9. The lowest BCUT2D eigenvalue weighted by atomic mass is 10.0. The molecule has 0 spiro atoms. The Bertz CT molecular complexity index is 530. The van der Waals surface area contributed by atoms with Crippen molar-refractivity contribution in [3.63, 3.8) is 0 Å². The summed E-state index contributed by atoms with van der Waals surface area (Å²) >= 11 is 3.34. The summed E-state index contributed by atoms with van der Waals surface area (Å²) in [6.07, 6.45) is 1.48. The van der Waals surface area contributed by atoms with Gasteiger partial charge in [-0.3, -0.25) is 0 Å². The zero-order valence-electron chi connectivity index (χ0n) is 10.9. The molecule has 19 heavy (non-hydrogen) atoms. The first-order valence-electron chi connectivity index (χ1n) is 6.38. The lowest BCUT2D eigenvalue weighted by Gasteiger charge is -2.35. The van der Waals surface area contributed by atoms with Gasteiger partial charge in [0.25, 0.3) is 0 Å². The van der Waals surface area contributed by atoms with Crippen LogP contribution < -0.4 is 5.73 Å². The van der Waals surface area contributed by atoms with Gasteiger partial charge in [-0.25, -0.2) is 8.42 Å². The predicted molar refractivity (Wildman–Crippen MR) is 80.1 cm³/mol. The van der Waals surface area contributed by atoms with Gasteiger partial charge in [0.2, 0.25) is 10.0 Å². The number of halogens is 1. The van der Waals surface area contributed by atoms with Crippen molar-refractivity contribution in [2.75, 3.05) is 6.54 Å². The van der Waals surface area contributed by atoms with Crippen molar-refractivity contribution in [2.45, 2.75) is 37.6 Å². The van der Waals surface area contributed by atoms with E-state index in [1.807, 2.05) is 31.2 Å². The minimum atomic E-state index is -3.26. The Kier molecular flexibility index (Phi) is 4.66. The molecule has 2 rings (SSSR count). The van der Waals surface area contributed by atoms with Crippen LogP contribution in [-0.2, 0) is 15.8 Å². The zero-order valence-corrected chi connectivity index (χ0v) is 13.3. The van der Waals surface area contributed by atoms with Gasteiger partial charge in [0, 0.05) is 23.1 Å². The Morgan fingerprint density at radius 1 is 1.37 bits per heavy atom. The van der Waals surface area contributed by atoms with Gasteiger partial charge in [-0.1, -0.05) is 28.1 Å². The first-order valence-corrected chi connectivity index (χ1v) is 8.78. The number of nitrogens with two attached hydrogens (primary N) is 1. The van der Waals surface area contributed by atoms with Crippen LogP contribution in [0.3, 0.4) is 0 Å². The molecule has 1 fully saturated rings. The predicted octanol–water partition coefficient (Wildman–Crippen LogP) is 2.09. The van der Waals surface area contributed by atoms with E-state index < -0.39 is 10.0 Å². The highest BCUT2D eigenvalue weighted by Crippen LogP contribution is 2.22. The van der Waals surface area contributed by atoms with E-state index in [-0.39, 0.29) is 17.8 Å². The van der Waals surface area contributed by atoms with Crippen LogP contribution in [0.25, 0.3) is 0 Å². The summed E-state index contributed by atoms with van der Waals surface area (Å²) in [5.74, 6) is 0.0554.